The highest BCUT2D eigenvalue weighted by Crippen LogP contribution is 2.22. The van der Waals surface area contributed by atoms with Crippen molar-refractivity contribution in [1.82, 2.24) is 4.98 Å². The summed E-state index contributed by atoms with van der Waals surface area (Å²) in [5, 5.41) is 2.75. The lowest BCUT2D eigenvalue weighted by Crippen LogP contribution is -2.37. The van der Waals surface area contributed by atoms with Gasteiger partial charge in [0.1, 0.15) is 0 Å². The lowest BCUT2D eigenvalue weighted by Gasteiger charge is -2.13. The highest BCUT2D eigenvalue weighted by Gasteiger charge is 2.15. The molecule has 0 aliphatic carbocycles. The lowest BCUT2D eigenvalue weighted by atomic mass is 10.0. The zero-order valence-electron chi connectivity index (χ0n) is 13.8. The number of nitrogens with two attached hydrogens (primary N) is 1. The van der Waals surface area contributed by atoms with Gasteiger partial charge in [0.05, 0.1) is 6.04 Å². The highest BCUT2D eigenvalue weighted by atomic mass is 19.2. The van der Waals surface area contributed by atoms with E-state index in [9.17, 15) is 13.6 Å². The zero-order valence-corrected chi connectivity index (χ0v) is 13.8. The molecule has 0 saturated heterocycles. The highest BCUT2D eigenvalue weighted by molar-refractivity contribution is 5.95. The van der Waals surface area contributed by atoms with Crippen molar-refractivity contribution in [3.63, 3.8) is 0 Å². The molecule has 0 saturated carbocycles. The first kappa shape index (κ1) is 17.7. The van der Waals surface area contributed by atoms with Gasteiger partial charge in [-0.05, 0) is 59.5 Å². The summed E-state index contributed by atoms with van der Waals surface area (Å²) in [7, 11) is 0. The number of nitrogens with zero attached hydrogens (tertiary/aromatic N) is 1. The molecular weight excluding hydrogens is 336 g/mol. The molecule has 2 aromatic carbocycles. The SMILES string of the molecule is N[C@@H](Cc1ccc(F)c(F)c1)C(=O)Nc1cccc(-c2ccncc2)c1. The topological polar surface area (TPSA) is 68.0 Å². The van der Waals surface area contributed by atoms with Gasteiger partial charge in [-0.25, -0.2) is 8.78 Å². The molecular formula is C20H17F2N3O. The Hall–Kier alpha value is -3.12. The van der Waals surface area contributed by atoms with Gasteiger partial charge in [-0.2, -0.15) is 0 Å². The summed E-state index contributed by atoms with van der Waals surface area (Å²) < 4.78 is 26.2. The molecule has 4 nitrogen and oxygen atoms in total. The van der Waals surface area contributed by atoms with Gasteiger partial charge >= 0.3 is 0 Å². The first-order valence-corrected chi connectivity index (χ1v) is 8.04. The first-order chi connectivity index (χ1) is 12.5. The molecule has 26 heavy (non-hydrogen) atoms. The maximum absolute atomic E-state index is 13.3. The van der Waals surface area contributed by atoms with E-state index in [1.54, 1.807) is 18.5 Å². The van der Waals surface area contributed by atoms with Crippen LogP contribution in [0.4, 0.5) is 14.5 Å². The number of benzene rings is 2. The van der Waals surface area contributed by atoms with Gasteiger partial charge in [0.15, 0.2) is 11.6 Å². The van der Waals surface area contributed by atoms with Gasteiger partial charge in [0.2, 0.25) is 5.91 Å². The van der Waals surface area contributed by atoms with Crippen LogP contribution in [0.25, 0.3) is 11.1 Å². The Kier molecular flexibility index (Phi) is 5.34. The van der Waals surface area contributed by atoms with Gasteiger partial charge < -0.3 is 11.1 Å². The van der Waals surface area contributed by atoms with Crippen molar-refractivity contribution in [3.05, 3.63) is 84.2 Å². The van der Waals surface area contributed by atoms with E-state index in [2.05, 4.69) is 10.3 Å². The fourth-order valence-corrected chi connectivity index (χ4v) is 2.57. The van der Waals surface area contributed by atoms with Gasteiger partial charge in [-0.1, -0.05) is 18.2 Å². The molecule has 0 spiro atoms. The normalized spacial score (nSPS) is 11.8. The number of carbonyl (C=O) groups excluding carboxylic acids is 1. The Labute approximate surface area is 149 Å². The van der Waals surface area contributed by atoms with Crippen molar-refractivity contribution in [2.45, 2.75) is 12.5 Å². The van der Waals surface area contributed by atoms with E-state index in [-0.39, 0.29) is 6.42 Å². The number of pyridine rings is 1. The van der Waals surface area contributed by atoms with Crippen molar-refractivity contribution in [3.8, 4) is 11.1 Å². The van der Waals surface area contributed by atoms with Crippen LogP contribution in [0.15, 0.2) is 67.0 Å². The number of rotatable bonds is 5. The van der Waals surface area contributed by atoms with Crippen molar-refractivity contribution in [2.75, 3.05) is 5.32 Å². The van der Waals surface area contributed by atoms with Crippen molar-refractivity contribution < 1.29 is 13.6 Å². The molecule has 0 radical (unpaired) electrons. The molecule has 1 heterocycles. The number of hydrogen-bond donors (Lipinski definition) is 2. The Bertz CT molecular complexity index is 916. The van der Waals surface area contributed by atoms with Gasteiger partial charge in [-0.15, -0.1) is 0 Å². The second-order valence-electron chi connectivity index (χ2n) is 5.87. The third-order valence-electron chi connectivity index (χ3n) is 3.92. The van der Waals surface area contributed by atoms with Crippen LogP contribution in [0, 0.1) is 11.6 Å². The van der Waals surface area contributed by atoms with E-state index in [4.69, 9.17) is 5.73 Å². The third kappa shape index (κ3) is 4.29. The summed E-state index contributed by atoms with van der Waals surface area (Å²) in [5.74, 6) is -2.29. The molecule has 0 aliphatic heterocycles. The van der Waals surface area contributed by atoms with E-state index in [1.807, 2.05) is 30.3 Å². The number of hydrogen-bond acceptors (Lipinski definition) is 3. The minimum Gasteiger partial charge on any atom is -0.325 e. The number of anilines is 1. The standard InChI is InChI=1S/C20H17F2N3O/c21-17-5-4-13(10-18(17)22)11-19(23)20(26)25-16-3-1-2-15(12-16)14-6-8-24-9-7-14/h1-10,12,19H,11,23H2,(H,25,26)/t19-/m0/s1. The van der Waals surface area contributed by atoms with Crippen LogP contribution in [0.2, 0.25) is 0 Å². The molecule has 1 amide bonds. The number of nitrogens with one attached hydrogen (secondary N) is 1. The van der Waals surface area contributed by atoms with Gasteiger partial charge in [0.25, 0.3) is 0 Å². The molecule has 0 aliphatic rings. The Morgan fingerprint density at radius 2 is 1.77 bits per heavy atom. The fourth-order valence-electron chi connectivity index (χ4n) is 2.57. The smallest absolute Gasteiger partial charge is 0.241 e. The summed E-state index contributed by atoms with van der Waals surface area (Å²) in [4.78, 5) is 16.3. The van der Waals surface area contributed by atoms with E-state index < -0.39 is 23.6 Å². The number of carbonyl (C=O) groups is 1. The van der Waals surface area contributed by atoms with E-state index in [0.29, 0.717) is 11.3 Å². The minimum absolute atomic E-state index is 0.104. The molecule has 6 heteroatoms. The van der Waals surface area contributed by atoms with Crippen LogP contribution in [0.3, 0.4) is 0 Å². The van der Waals surface area contributed by atoms with Crippen LogP contribution >= 0.6 is 0 Å². The number of halogens is 2. The summed E-state index contributed by atoms with van der Waals surface area (Å²) in [6.07, 6.45) is 3.49. The Morgan fingerprint density at radius 3 is 2.50 bits per heavy atom. The molecule has 3 rings (SSSR count). The maximum atomic E-state index is 13.3. The lowest BCUT2D eigenvalue weighted by molar-refractivity contribution is -0.117. The average molecular weight is 353 g/mol. The largest absolute Gasteiger partial charge is 0.325 e. The first-order valence-electron chi connectivity index (χ1n) is 8.04. The average Bonchev–Trinajstić information content (AvgIpc) is 2.65. The second-order valence-corrected chi connectivity index (χ2v) is 5.87. The summed E-state index contributed by atoms with van der Waals surface area (Å²) in [5.41, 5.74) is 8.86. The van der Waals surface area contributed by atoms with E-state index in [0.717, 1.165) is 23.3 Å². The van der Waals surface area contributed by atoms with E-state index in [1.165, 1.54) is 6.07 Å². The van der Waals surface area contributed by atoms with Crippen LogP contribution in [-0.2, 0) is 11.2 Å². The molecule has 0 bridgehead atoms. The second kappa shape index (κ2) is 7.84. The Balaban J connectivity index is 1.68. The fraction of sp³-hybridized carbons (Fsp3) is 0.100. The quantitative estimate of drug-likeness (QED) is 0.737. The van der Waals surface area contributed by atoms with Crippen molar-refractivity contribution >= 4 is 11.6 Å². The zero-order chi connectivity index (χ0) is 18.5. The molecule has 1 aromatic heterocycles. The molecule has 0 unspecified atom stereocenters. The molecule has 132 valence electrons. The molecule has 3 N–H and O–H groups in total. The monoisotopic (exact) mass is 353 g/mol. The van der Waals surface area contributed by atoms with Crippen molar-refractivity contribution in [2.24, 2.45) is 5.73 Å². The molecule has 3 aromatic rings. The van der Waals surface area contributed by atoms with Crippen LogP contribution in [0.5, 0.6) is 0 Å². The molecule has 1 atom stereocenters. The van der Waals surface area contributed by atoms with Gasteiger partial charge in [0, 0.05) is 18.1 Å². The summed E-state index contributed by atoms with van der Waals surface area (Å²) in [6.45, 7) is 0. The Morgan fingerprint density at radius 1 is 1.00 bits per heavy atom. The molecule has 0 fully saturated rings. The minimum atomic E-state index is -0.958. The maximum Gasteiger partial charge on any atom is 0.241 e. The van der Waals surface area contributed by atoms with E-state index >= 15 is 0 Å². The van der Waals surface area contributed by atoms with Crippen molar-refractivity contribution in [1.29, 1.82) is 0 Å². The predicted molar refractivity (Wildman–Crippen MR) is 96.3 cm³/mol. The third-order valence-corrected chi connectivity index (χ3v) is 3.92. The predicted octanol–water partition coefficient (Wildman–Crippen LogP) is 3.54. The summed E-state index contributed by atoms with van der Waals surface area (Å²) in [6, 6.07) is 13.7. The van der Waals surface area contributed by atoms with Crippen LogP contribution in [-0.4, -0.2) is 16.9 Å². The summed E-state index contributed by atoms with van der Waals surface area (Å²) >= 11 is 0. The van der Waals surface area contributed by atoms with Crippen LogP contribution < -0.4 is 11.1 Å². The number of aromatic nitrogens is 1. The van der Waals surface area contributed by atoms with Gasteiger partial charge in [-0.3, -0.25) is 9.78 Å². The van der Waals surface area contributed by atoms with Crippen LogP contribution in [0.1, 0.15) is 5.56 Å². The number of amides is 1.